The number of imidazole rings is 1. The Hall–Kier alpha value is -0.830. The van der Waals surface area contributed by atoms with Crippen LogP contribution in [-0.4, -0.2) is 23.6 Å². The molecular weight excluding hydrogens is 174 g/mol. The van der Waals surface area contributed by atoms with E-state index in [1.807, 2.05) is 13.2 Å². The quantitative estimate of drug-likeness (QED) is 0.682. The van der Waals surface area contributed by atoms with E-state index >= 15 is 0 Å². The predicted molar refractivity (Wildman–Crippen MR) is 59.5 cm³/mol. The third-order valence-corrected chi connectivity index (χ3v) is 2.63. The molecular formula is C11H21N3. The first-order valence-corrected chi connectivity index (χ1v) is 5.46. The highest BCUT2D eigenvalue weighted by Crippen LogP contribution is 2.16. The van der Waals surface area contributed by atoms with Crippen LogP contribution in [0.25, 0.3) is 0 Å². The second-order valence-electron chi connectivity index (χ2n) is 3.80. The number of hydrogen-bond donors (Lipinski definition) is 2. The summed E-state index contributed by atoms with van der Waals surface area (Å²) in [4.78, 5) is 7.76. The highest BCUT2D eigenvalue weighted by atomic mass is 14.9. The molecule has 2 N–H and O–H groups in total. The Morgan fingerprint density at radius 3 is 3.00 bits per heavy atom. The van der Waals surface area contributed by atoms with Crippen molar-refractivity contribution in [3.05, 3.63) is 17.7 Å². The topological polar surface area (TPSA) is 40.7 Å². The maximum absolute atomic E-state index is 4.37. The van der Waals surface area contributed by atoms with E-state index in [-0.39, 0.29) is 0 Å². The minimum atomic E-state index is 0.598. The Labute approximate surface area is 86.3 Å². The van der Waals surface area contributed by atoms with Gasteiger partial charge in [0.25, 0.3) is 0 Å². The minimum Gasteiger partial charge on any atom is -0.346 e. The van der Waals surface area contributed by atoms with Gasteiger partial charge in [0, 0.05) is 18.3 Å². The van der Waals surface area contributed by atoms with Gasteiger partial charge in [0.2, 0.25) is 0 Å². The number of nitrogens with zero attached hydrogens (tertiary/aromatic N) is 1. The third-order valence-electron chi connectivity index (χ3n) is 2.63. The van der Waals surface area contributed by atoms with Crippen molar-refractivity contribution in [2.45, 2.75) is 39.0 Å². The molecule has 0 aliphatic heterocycles. The lowest BCUT2D eigenvalue weighted by Gasteiger charge is -2.03. The summed E-state index contributed by atoms with van der Waals surface area (Å²) in [6, 6.07) is 0. The van der Waals surface area contributed by atoms with Crippen LogP contribution < -0.4 is 5.32 Å². The fraction of sp³-hybridized carbons (Fsp3) is 0.727. The van der Waals surface area contributed by atoms with Crippen molar-refractivity contribution < 1.29 is 0 Å². The van der Waals surface area contributed by atoms with Crippen LogP contribution in [0.3, 0.4) is 0 Å². The zero-order valence-corrected chi connectivity index (χ0v) is 9.43. The van der Waals surface area contributed by atoms with Crippen LogP contribution in [0, 0.1) is 0 Å². The van der Waals surface area contributed by atoms with Crippen molar-refractivity contribution in [2.24, 2.45) is 0 Å². The molecule has 1 aromatic heterocycles. The first-order chi connectivity index (χ1) is 6.77. The lowest BCUT2D eigenvalue weighted by atomic mass is 10.1. The molecule has 1 atom stereocenters. The monoisotopic (exact) mass is 195 g/mol. The Balaban J connectivity index is 2.42. The zero-order valence-electron chi connectivity index (χ0n) is 9.43. The van der Waals surface area contributed by atoms with Crippen LogP contribution in [0.15, 0.2) is 6.20 Å². The molecule has 1 heterocycles. The maximum atomic E-state index is 4.37. The summed E-state index contributed by atoms with van der Waals surface area (Å²) in [6.07, 6.45) is 5.32. The van der Waals surface area contributed by atoms with Gasteiger partial charge in [-0.3, -0.25) is 0 Å². The zero-order chi connectivity index (χ0) is 10.4. The minimum absolute atomic E-state index is 0.598. The smallest absolute Gasteiger partial charge is 0.106 e. The predicted octanol–water partition coefficient (Wildman–Crippen LogP) is 2.08. The lowest BCUT2D eigenvalue weighted by molar-refractivity contribution is 0.691. The van der Waals surface area contributed by atoms with Crippen molar-refractivity contribution >= 4 is 0 Å². The Kier molecular flexibility index (Phi) is 4.66. The summed E-state index contributed by atoms with van der Waals surface area (Å²) in [5.41, 5.74) is 1.27. The molecule has 0 amide bonds. The molecule has 0 bridgehead atoms. The summed E-state index contributed by atoms with van der Waals surface area (Å²) in [5, 5.41) is 3.14. The SMILES string of the molecule is CCC(C)c1cnc(CCCNC)[nH]1. The van der Waals surface area contributed by atoms with Gasteiger partial charge < -0.3 is 10.3 Å². The van der Waals surface area contributed by atoms with Crippen LogP contribution in [0.2, 0.25) is 0 Å². The van der Waals surface area contributed by atoms with Gasteiger partial charge >= 0.3 is 0 Å². The van der Waals surface area contributed by atoms with E-state index in [0.29, 0.717) is 5.92 Å². The van der Waals surface area contributed by atoms with Crippen molar-refractivity contribution in [2.75, 3.05) is 13.6 Å². The summed E-state index contributed by atoms with van der Waals surface area (Å²) in [5.74, 6) is 1.72. The molecule has 1 aromatic rings. The molecule has 0 spiro atoms. The molecule has 0 aliphatic carbocycles. The summed E-state index contributed by atoms with van der Waals surface area (Å²) < 4.78 is 0. The molecule has 0 saturated carbocycles. The first kappa shape index (κ1) is 11.2. The third kappa shape index (κ3) is 3.14. The molecule has 3 nitrogen and oxygen atoms in total. The van der Waals surface area contributed by atoms with E-state index in [2.05, 4.69) is 29.1 Å². The Bertz CT molecular complexity index is 255. The summed E-state index contributed by atoms with van der Waals surface area (Å²) in [6.45, 7) is 5.48. The molecule has 1 rings (SSSR count). The van der Waals surface area contributed by atoms with Gasteiger partial charge in [-0.15, -0.1) is 0 Å². The maximum Gasteiger partial charge on any atom is 0.106 e. The van der Waals surface area contributed by atoms with E-state index in [1.54, 1.807) is 0 Å². The van der Waals surface area contributed by atoms with Crippen LogP contribution in [0.5, 0.6) is 0 Å². The van der Waals surface area contributed by atoms with Gasteiger partial charge in [0.05, 0.1) is 0 Å². The molecule has 0 aromatic carbocycles. The summed E-state index contributed by atoms with van der Waals surface area (Å²) >= 11 is 0. The largest absolute Gasteiger partial charge is 0.346 e. The van der Waals surface area contributed by atoms with Gasteiger partial charge in [-0.2, -0.15) is 0 Å². The van der Waals surface area contributed by atoms with Crippen molar-refractivity contribution in [1.29, 1.82) is 0 Å². The first-order valence-electron chi connectivity index (χ1n) is 5.46. The Morgan fingerprint density at radius 2 is 2.36 bits per heavy atom. The second-order valence-corrected chi connectivity index (χ2v) is 3.80. The van der Waals surface area contributed by atoms with Gasteiger partial charge in [-0.05, 0) is 32.4 Å². The van der Waals surface area contributed by atoms with Crippen LogP contribution in [0.4, 0.5) is 0 Å². The van der Waals surface area contributed by atoms with E-state index in [1.165, 1.54) is 5.69 Å². The normalized spacial score (nSPS) is 13.1. The molecule has 14 heavy (non-hydrogen) atoms. The number of H-pyrrole nitrogens is 1. The van der Waals surface area contributed by atoms with E-state index in [0.717, 1.165) is 31.6 Å². The van der Waals surface area contributed by atoms with Crippen LogP contribution in [-0.2, 0) is 6.42 Å². The van der Waals surface area contributed by atoms with Gasteiger partial charge in [-0.25, -0.2) is 4.98 Å². The molecule has 0 saturated heterocycles. The van der Waals surface area contributed by atoms with Gasteiger partial charge in [-0.1, -0.05) is 13.8 Å². The number of rotatable bonds is 6. The Morgan fingerprint density at radius 1 is 1.57 bits per heavy atom. The number of nitrogens with one attached hydrogen (secondary N) is 2. The molecule has 3 heteroatoms. The molecule has 0 radical (unpaired) electrons. The van der Waals surface area contributed by atoms with Crippen LogP contribution >= 0.6 is 0 Å². The lowest BCUT2D eigenvalue weighted by Crippen LogP contribution is -2.08. The van der Waals surface area contributed by atoms with Gasteiger partial charge in [0.15, 0.2) is 0 Å². The van der Waals surface area contributed by atoms with E-state index in [4.69, 9.17) is 0 Å². The summed E-state index contributed by atoms with van der Waals surface area (Å²) in [7, 11) is 1.98. The van der Waals surface area contributed by atoms with Crippen molar-refractivity contribution in [1.82, 2.24) is 15.3 Å². The van der Waals surface area contributed by atoms with E-state index < -0.39 is 0 Å². The number of aryl methyl sites for hydroxylation is 1. The van der Waals surface area contributed by atoms with Crippen LogP contribution in [0.1, 0.15) is 44.1 Å². The standard InChI is InChI=1S/C11H21N3/c1-4-9(2)10-8-13-11(14-10)6-5-7-12-3/h8-9,12H,4-7H2,1-3H3,(H,13,14). The highest BCUT2D eigenvalue weighted by Gasteiger charge is 2.06. The number of hydrogen-bond acceptors (Lipinski definition) is 2. The second kappa shape index (κ2) is 5.81. The average molecular weight is 195 g/mol. The van der Waals surface area contributed by atoms with Crippen molar-refractivity contribution in [3.8, 4) is 0 Å². The fourth-order valence-corrected chi connectivity index (χ4v) is 1.41. The van der Waals surface area contributed by atoms with E-state index in [9.17, 15) is 0 Å². The molecule has 0 aliphatic rings. The fourth-order valence-electron chi connectivity index (χ4n) is 1.41. The van der Waals surface area contributed by atoms with Gasteiger partial charge in [0.1, 0.15) is 5.82 Å². The number of aromatic amines is 1. The number of aromatic nitrogens is 2. The molecule has 0 fully saturated rings. The molecule has 1 unspecified atom stereocenters. The average Bonchev–Trinajstić information content (AvgIpc) is 2.66. The van der Waals surface area contributed by atoms with Crippen molar-refractivity contribution in [3.63, 3.8) is 0 Å². The molecule has 80 valence electrons. The highest BCUT2D eigenvalue weighted by molar-refractivity contribution is 5.06.